The molecular formula is C13H18FNOS. The molecule has 1 aliphatic rings. The van der Waals surface area contributed by atoms with E-state index in [9.17, 15) is 4.39 Å². The average molecular weight is 255 g/mol. The second-order valence-corrected chi connectivity index (χ2v) is 5.35. The molecule has 0 radical (unpaired) electrons. The normalized spacial score (nSPS) is 19.7. The van der Waals surface area contributed by atoms with E-state index < -0.39 is 0 Å². The van der Waals surface area contributed by atoms with Crippen LogP contribution in [0.5, 0.6) is 0 Å². The molecule has 17 heavy (non-hydrogen) atoms. The lowest BCUT2D eigenvalue weighted by Gasteiger charge is -2.09. The zero-order valence-electron chi connectivity index (χ0n) is 9.82. The summed E-state index contributed by atoms with van der Waals surface area (Å²) < 4.78 is 18.6. The Hall–Kier alpha value is -0.580. The van der Waals surface area contributed by atoms with E-state index in [-0.39, 0.29) is 5.82 Å². The largest absolute Gasteiger partial charge is 0.381 e. The van der Waals surface area contributed by atoms with Crippen LogP contribution in [0.2, 0.25) is 0 Å². The van der Waals surface area contributed by atoms with Crippen molar-refractivity contribution >= 4 is 11.8 Å². The lowest BCUT2D eigenvalue weighted by atomic mass is 10.1. The molecule has 0 spiro atoms. The minimum absolute atomic E-state index is 0.123. The summed E-state index contributed by atoms with van der Waals surface area (Å²) in [7, 11) is 0. The Bertz CT molecular complexity index is 342. The van der Waals surface area contributed by atoms with E-state index in [1.165, 1.54) is 6.07 Å². The maximum Gasteiger partial charge on any atom is 0.136 e. The Labute approximate surface area is 106 Å². The van der Waals surface area contributed by atoms with Crippen LogP contribution in [0, 0.1) is 11.7 Å². The maximum absolute atomic E-state index is 13.3. The highest BCUT2D eigenvalue weighted by Crippen LogP contribution is 2.20. The number of halogens is 1. The fraction of sp³-hybridized carbons (Fsp3) is 0.538. The minimum Gasteiger partial charge on any atom is -0.381 e. The van der Waals surface area contributed by atoms with Crippen LogP contribution in [-0.2, 0) is 4.74 Å². The van der Waals surface area contributed by atoms with Gasteiger partial charge in [-0.2, -0.15) is 0 Å². The number of ether oxygens (including phenoxy) is 1. The van der Waals surface area contributed by atoms with E-state index in [4.69, 9.17) is 4.74 Å². The van der Waals surface area contributed by atoms with Crippen LogP contribution in [0.3, 0.4) is 0 Å². The summed E-state index contributed by atoms with van der Waals surface area (Å²) in [5.41, 5.74) is 0. The van der Waals surface area contributed by atoms with Gasteiger partial charge in [-0.15, -0.1) is 11.8 Å². The van der Waals surface area contributed by atoms with Crippen molar-refractivity contribution in [1.29, 1.82) is 0 Å². The molecule has 1 unspecified atom stereocenters. The Balaban J connectivity index is 1.58. The van der Waals surface area contributed by atoms with Gasteiger partial charge in [-0.25, -0.2) is 4.39 Å². The van der Waals surface area contributed by atoms with Crippen molar-refractivity contribution in [3.05, 3.63) is 30.1 Å². The third-order valence-corrected chi connectivity index (χ3v) is 3.88. The summed E-state index contributed by atoms with van der Waals surface area (Å²) in [6, 6.07) is 6.92. The zero-order chi connectivity index (χ0) is 11.9. The molecule has 0 saturated carbocycles. The van der Waals surface area contributed by atoms with Crippen molar-refractivity contribution in [2.24, 2.45) is 5.92 Å². The van der Waals surface area contributed by atoms with Crippen molar-refractivity contribution in [2.45, 2.75) is 11.3 Å². The third-order valence-electron chi connectivity index (χ3n) is 2.83. The second-order valence-electron chi connectivity index (χ2n) is 4.21. The Morgan fingerprint density at radius 1 is 1.41 bits per heavy atom. The fourth-order valence-electron chi connectivity index (χ4n) is 1.85. The number of rotatable bonds is 6. The van der Waals surface area contributed by atoms with E-state index >= 15 is 0 Å². The molecule has 0 aliphatic carbocycles. The van der Waals surface area contributed by atoms with Crippen LogP contribution < -0.4 is 5.32 Å². The molecule has 0 bridgehead atoms. The van der Waals surface area contributed by atoms with Crippen LogP contribution >= 0.6 is 11.8 Å². The molecule has 2 rings (SSSR count). The van der Waals surface area contributed by atoms with Gasteiger partial charge in [-0.1, -0.05) is 12.1 Å². The van der Waals surface area contributed by atoms with Crippen molar-refractivity contribution in [1.82, 2.24) is 5.32 Å². The summed E-state index contributed by atoms with van der Waals surface area (Å²) in [6.45, 7) is 3.71. The molecule has 1 N–H and O–H groups in total. The van der Waals surface area contributed by atoms with Crippen molar-refractivity contribution in [2.75, 3.05) is 32.1 Å². The molecule has 0 aromatic heterocycles. The first-order valence-electron chi connectivity index (χ1n) is 6.02. The molecule has 1 aliphatic heterocycles. The predicted molar refractivity (Wildman–Crippen MR) is 68.9 cm³/mol. The summed E-state index contributed by atoms with van der Waals surface area (Å²) in [5, 5.41) is 3.39. The van der Waals surface area contributed by atoms with Crippen LogP contribution in [0.4, 0.5) is 4.39 Å². The Morgan fingerprint density at radius 3 is 3.06 bits per heavy atom. The van der Waals surface area contributed by atoms with Gasteiger partial charge < -0.3 is 10.1 Å². The Kier molecular flexibility index (Phi) is 5.29. The zero-order valence-corrected chi connectivity index (χ0v) is 10.6. The molecule has 1 fully saturated rings. The molecule has 1 aromatic rings. The highest BCUT2D eigenvalue weighted by molar-refractivity contribution is 7.99. The average Bonchev–Trinajstić information content (AvgIpc) is 2.84. The van der Waals surface area contributed by atoms with Gasteiger partial charge in [0.1, 0.15) is 5.82 Å². The topological polar surface area (TPSA) is 21.3 Å². The van der Waals surface area contributed by atoms with Gasteiger partial charge in [0, 0.05) is 30.3 Å². The molecule has 1 aromatic carbocycles. The van der Waals surface area contributed by atoms with E-state index in [1.54, 1.807) is 17.8 Å². The standard InChI is InChI=1S/C13H18FNOS/c14-12-3-1-2-4-13(12)17-8-6-15-9-11-5-7-16-10-11/h1-4,11,15H,5-10H2. The van der Waals surface area contributed by atoms with Gasteiger partial charge in [0.25, 0.3) is 0 Å². The molecular weight excluding hydrogens is 237 g/mol. The van der Waals surface area contributed by atoms with Gasteiger partial charge in [-0.05, 0) is 24.5 Å². The summed E-state index contributed by atoms with van der Waals surface area (Å²) in [6.07, 6.45) is 1.16. The number of nitrogens with one attached hydrogen (secondary N) is 1. The van der Waals surface area contributed by atoms with Crippen molar-refractivity contribution in [3.63, 3.8) is 0 Å². The number of benzene rings is 1. The maximum atomic E-state index is 13.3. The SMILES string of the molecule is Fc1ccccc1SCCNCC1CCOC1. The molecule has 2 nitrogen and oxygen atoms in total. The van der Waals surface area contributed by atoms with Crippen LogP contribution in [-0.4, -0.2) is 32.1 Å². The molecule has 94 valence electrons. The van der Waals surface area contributed by atoms with Crippen LogP contribution in [0.15, 0.2) is 29.2 Å². The van der Waals surface area contributed by atoms with Gasteiger partial charge in [0.05, 0.1) is 6.61 Å². The van der Waals surface area contributed by atoms with E-state index in [2.05, 4.69) is 5.32 Å². The summed E-state index contributed by atoms with van der Waals surface area (Å²) in [5.74, 6) is 1.43. The minimum atomic E-state index is -0.123. The van der Waals surface area contributed by atoms with Gasteiger partial charge >= 0.3 is 0 Å². The summed E-state index contributed by atoms with van der Waals surface area (Å²) >= 11 is 1.56. The smallest absolute Gasteiger partial charge is 0.136 e. The first kappa shape index (κ1) is 12.9. The summed E-state index contributed by atoms with van der Waals surface area (Å²) in [4.78, 5) is 0.735. The first-order chi connectivity index (χ1) is 8.36. The lowest BCUT2D eigenvalue weighted by Crippen LogP contribution is -2.25. The first-order valence-corrected chi connectivity index (χ1v) is 7.00. The molecule has 4 heteroatoms. The number of hydrogen-bond acceptors (Lipinski definition) is 3. The van der Waals surface area contributed by atoms with Crippen molar-refractivity contribution < 1.29 is 9.13 Å². The van der Waals surface area contributed by atoms with Gasteiger partial charge in [0.15, 0.2) is 0 Å². The van der Waals surface area contributed by atoms with E-state index in [1.807, 2.05) is 12.1 Å². The Morgan fingerprint density at radius 2 is 2.29 bits per heavy atom. The van der Waals surface area contributed by atoms with Crippen molar-refractivity contribution in [3.8, 4) is 0 Å². The fourth-order valence-corrected chi connectivity index (χ4v) is 2.69. The molecule has 1 atom stereocenters. The van der Waals surface area contributed by atoms with Crippen LogP contribution in [0.25, 0.3) is 0 Å². The highest BCUT2D eigenvalue weighted by Gasteiger charge is 2.14. The highest BCUT2D eigenvalue weighted by atomic mass is 32.2. The van der Waals surface area contributed by atoms with Gasteiger partial charge in [0.2, 0.25) is 0 Å². The predicted octanol–water partition coefficient (Wildman–Crippen LogP) is 2.54. The van der Waals surface area contributed by atoms with Crippen LogP contribution in [0.1, 0.15) is 6.42 Å². The second kappa shape index (κ2) is 6.99. The molecule has 1 saturated heterocycles. The van der Waals surface area contributed by atoms with Gasteiger partial charge in [-0.3, -0.25) is 0 Å². The lowest BCUT2D eigenvalue weighted by molar-refractivity contribution is 0.185. The monoisotopic (exact) mass is 255 g/mol. The third kappa shape index (κ3) is 4.30. The number of thioether (sulfide) groups is 1. The number of hydrogen-bond donors (Lipinski definition) is 1. The van der Waals surface area contributed by atoms with E-state index in [0.29, 0.717) is 5.92 Å². The molecule has 0 amide bonds. The van der Waals surface area contributed by atoms with E-state index in [0.717, 1.165) is 43.4 Å². The molecule has 1 heterocycles. The quantitative estimate of drug-likeness (QED) is 0.623.